The molecule has 0 spiro atoms. The molecule has 1 amide bonds. The van der Waals surface area contributed by atoms with Crippen molar-refractivity contribution >= 4 is 39.0 Å². The Hall–Kier alpha value is -1.84. The molecule has 0 bridgehead atoms. The topological polar surface area (TPSA) is 85.4 Å². The van der Waals surface area contributed by atoms with Crippen LogP contribution < -0.4 is 4.72 Å². The van der Waals surface area contributed by atoms with Gasteiger partial charge in [0.2, 0.25) is 0 Å². The number of nitrogens with one attached hydrogen (secondary N) is 1. The van der Waals surface area contributed by atoms with Crippen molar-refractivity contribution in [2.75, 3.05) is 12.4 Å². The average Bonchev–Trinajstić information content (AvgIpc) is 3.06. The fraction of sp³-hybridized carbons (Fsp3) is 0.200. The van der Waals surface area contributed by atoms with Gasteiger partial charge in [0.05, 0.1) is 6.61 Å². The van der Waals surface area contributed by atoms with Gasteiger partial charge >= 0.3 is 0 Å². The molecule has 2 heterocycles. The molecule has 0 saturated heterocycles. The van der Waals surface area contributed by atoms with Crippen molar-refractivity contribution in [2.45, 2.75) is 11.9 Å². The van der Waals surface area contributed by atoms with Gasteiger partial charge in [0, 0.05) is 16.7 Å². The maximum atomic E-state index is 12.4. The minimum absolute atomic E-state index is 0.167. The smallest absolute Gasteiger partial charge is 0.282 e. The lowest BCUT2D eigenvalue weighted by Crippen LogP contribution is -2.32. The first kappa shape index (κ1) is 17.0. The molecule has 0 unspecified atom stereocenters. The van der Waals surface area contributed by atoms with Gasteiger partial charge < -0.3 is 4.74 Å². The molecule has 3 rings (SSSR count). The highest BCUT2D eigenvalue weighted by atomic mass is 32.2. The highest BCUT2D eigenvalue weighted by molar-refractivity contribution is 8.04. The van der Waals surface area contributed by atoms with E-state index in [4.69, 9.17) is 4.74 Å². The molecule has 1 aliphatic heterocycles. The maximum Gasteiger partial charge on any atom is 0.282 e. The predicted octanol–water partition coefficient (Wildman–Crippen LogP) is 2.61. The van der Waals surface area contributed by atoms with Gasteiger partial charge in [0.1, 0.15) is 15.7 Å². The maximum absolute atomic E-state index is 12.4. The Bertz CT molecular complexity index is 888. The van der Waals surface area contributed by atoms with Gasteiger partial charge in [-0.25, -0.2) is 9.71 Å². The van der Waals surface area contributed by atoms with E-state index in [0.29, 0.717) is 23.1 Å². The summed E-state index contributed by atoms with van der Waals surface area (Å²) in [5, 5.41) is 1.83. The van der Waals surface area contributed by atoms with Crippen LogP contribution in [0.15, 0.2) is 51.4 Å². The molecule has 1 aromatic heterocycles. The number of aromatic nitrogens is 1. The van der Waals surface area contributed by atoms with Gasteiger partial charge in [-0.1, -0.05) is 30.3 Å². The number of ether oxygens (including phenoxy) is 1. The number of thioether (sulfide) groups is 1. The van der Waals surface area contributed by atoms with Crippen molar-refractivity contribution in [3.8, 4) is 10.6 Å². The quantitative estimate of drug-likeness (QED) is 0.875. The molecule has 6 nitrogen and oxygen atoms in total. The zero-order chi connectivity index (χ0) is 17.2. The lowest BCUT2D eigenvalue weighted by molar-refractivity contribution is -0.115. The van der Waals surface area contributed by atoms with E-state index in [9.17, 15) is 13.2 Å². The highest BCUT2D eigenvalue weighted by Gasteiger charge is 2.26. The lowest BCUT2D eigenvalue weighted by Gasteiger charge is -2.17. The third kappa shape index (κ3) is 3.63. The van der Waals surface area contributed by atoms with Gasteiger partial charge in [-0.3, -0.25) is 4.79 Å². The Morgan fingerprint density at radius 2 is 2.04 bits per heavy atom. The molecular weight excluding hydrogens is 368 g/mol. The van der Waals surface area contributed by atoms with Crippen molar-refractivity contribution < 1.29 is 17.9 Å². The summed E-state index contributed by atoms with van der Waals surface area (Å²) in [6, 6.07) is 9.26. The number of thiazole rings is 1. The zero-order valence-electron chi connectivity index (χ0n) is 12.7. The summed E-state index contributed by atoms with van der Waals surface area (Å²) < 4.78 is 32.1. The molecule has 0 aliphatic carbocycles. The Kier molecular flexibility index (Phi) is 4.93. The number of carbonyl (C=O) groups excluding carboxylic acids is 1. The monoisotopic (exact) mass is 382 g/mol. The third-order valence-electron chi connectivity index (χ3n) is 3.18. The van der Waals surface area contributed by atoms with Crippen LogP contribution in [0.4, 0.5) is 0 Å². The molecule has 126 valence electrons. The Labute approximate surface area is 148 Å². The second-order valence-electron chi connectivity index (χ2n) is 4.87. The van der Waals surface area contributed by atoms with Crippen LogP contribution in [0.2, 0.25) is 0 Å². The molecule has 0 saturated carbocycles. The predicted molar refractivity (Wildman–Crippen MR) is 94.0 cm³/mol. The average molecular weight is 382 g/mol. The standard InChI is InChI=1S/C15H14N2O4S3/c1-10-13(22-8-7-21-10)14(18)17-24(19,20)12-9-23-15(16-12)11-5-3-2-4-6-11/h2-6,9H,7-8H2,1H3,(H,17,18). The fourth-order valence-corrected chi connectivity index (χ4v) is 4.99. The molecule has 0 radical (unpaired) electrons. The molecule has 0 fully saturated rings. The molecule has 9 heteroatoms. The fourth-order valence-electron chi connectivity index (χ4n) is 2.05. The van der Waals surface area contributed by atoms with Crippen LogP contribution in [0, 0.1) is 0 Å². The number of hydrogen-bond donors (Lipinski definition) is 1. The van der Waals surface area contributed by atoms with Gasteiger partial charge in [-0.15, -0.1) is 23.1 Å². The van der Waals surface area contributed by atoms with Gasteiger partial charge in [-0.05, 0) is 6.92 Å². The number of allylic oxidation sites excluding steroid dienone is 1. The van der Waals surface area contributed by atoms with Crippen molar-refractivity contribution in [1.82, 2.24) is 9.71 Å². The zero-order valence-corrected chi connectivity index (χ0v) is 15.1. The summed E-state index contributed by atoms with van der Waals surface area (Å²) >= 11 is 2.49. The van der Waals surface area contributed by atoms with Crippen LogP contribution in [0.1, 0.15) is 6.92 Å². The summed E-state index contributed by atoms with van der Waals surface area (Å²) in [4.78, 5) is 16.6. The van der Waals surface area contributed by atoms with E-state index in [0.717, 1.165) is 5.56 Å². The van der Waals surface area contributed by atoms with E-state index < -0.39 is 15.9 Å². The number of hydrogen-bond acceptors (Lipinski definition) is 7. The van der Waals surface area contributed by atoms with E-state index in [1.54, 1.807) is 6.92 Å². The second-order valence-corrected chi connectivity index (χ2v) is 8.47. The van der Waals surface area contributed by atoms with Crippen LogP contribution in [0.3, 0.4) is 0 Å². The van der Waals surface area contributed by atoms with Crippen LogP contribution >= 0.6 is 23.1 Å². The molecule has 24 heavy (non-hydrogen) atoms. The number of carbonyl (C=O) groups is 1. The SMILES string of the molecule is CC1=C(C(=O)NS(=O)(=O)c2csc(-c3ccccc3)n2)SCCO1. The van der Waals surface area contributed by atoms with E-state index in [1.165, 1.54) is 28.5 Å². The molecule has 2 aromatic rings. The Morgan fingerprint density at radius 1 is 1.29 bits per heavy atom. The van der Waals surface area contributed by atoms with Gasteiger partial charge in [0.25, 0.3) is 15.9 Å². The van der Waals surface area contributed by atoms with Crippen LogP contribution in [0.25, 0.3) is 10.6 Å². The largest absolute Gasteiger partial charge is 0.496 e. The third-order valence-corrected chi connectivity index (χ3v) is 6.57. The summed E-state index contributed by atoms with van der Waals surface area (Å²) in [5.74, 6) is 0.350. The summed E-state index contributed by atoms with van der Waals surface area (Å²) in [6.45, 7) is 2.15. The number of rotatable bonds is 4. The van der Waals surface area contributed by atoms with Crippen LogP contribution in [-0.4, -0.2) is 31.7 Å². The Balaban J connectivity index is 1.81. The van der Waals surface area contributed by atoms with Crippen molar-refractivity contribution in [1.29, 1.82) is 0 Å². The van der Waals surface area contributed by atoms with Crippen molar-refractivity contribution in [2.24, 2.45) is 0 Å². The van der Waals surface area contributed by atoms with E-state index in [2.05, 4.69) is 9.71 Å². The van der Waals surface area contributed by atoms with E-state index in [1.807, 2.05) is 30.3 Å². The summed E-state index contributed by atoms with van der Waals surface area (Å²) in [7, 11) is -4.02. The summed E-state index contributed by atoms with van der Waals surface area (Å²) in [6.07, 6.45) is 0. The van der Waals surface area contributed by atoms with Crippen LogP contribution in [0.5, 0.6) is 0 Å². The van der Waals surface area contributed by atoms with E-state index in [-0.39, 0.29) is 9.93 Å². The highest BCUT2D eigenvalue weighted by Crippen LogP contribution is 2.27. The normalized spacial score (nSPS) is 15.0. The number of nitrogens with zero attached hydrogens (tertiary/aromatic N) is 1. The second kappa shape index (κ2) is 6.96. The first-order chi connectivity index (χ1) is 11.5. The first-order valence-corrected chi connectivity index (χ1v) is 10.4. The van der Waals surface area contributed by atoms with Crippen molar-refractivity contribution in [3.05, 3.63) is 46.4 Å². The minimum Gasteiger partial charge on any atom is -0.496 e. The van der Waals surface area contributed by atoms with Gasteiger partial charge in [0.15, 0.2) is 5.03 Å². The molecular formula is C15H14N2O4S3. The lowest BCUT2D eigenvalue weighted by atomic mass is 10.2. The molecule has 1 aliphatic rings. The number of sulfonamides is 1. The Morgan fingerprint density at radius 3 is 2.75 bits per heavy atom. The van der Waals surface area contributed by atoms with E-state index >= 15 is 0 Å². The molecule has 1 aromatic carbocycles. The minimum atomic E-state index is -4.02. The number of benzene rings is 1. The van der Waals surface area contributed by atoms with Crippen molar-refractivity contribution in [3.63, 3.8) is 0 Å². The van der Waals surface area contributed by atoms with Gasteiger partial charge in [-0.2, -0.15) is 8.42 Å². The first-order valence-electron chi connectivity index (χ1n) is 7.02. The summed E-state index contributed by atoms with van der Waals surface area (Å²) in [5.41, 5.74) is 0.824. The number of amides is 1. The van der Waals surface area contributed by atoms with Crippen LogP contribution in [-0.2, 0) is 19.6 Å². The molecule has 0 atom stereocenters. The molecule has 1 N–H and O–H groups in total.